The average Bonchev–Trinajstić information content (AvgIpc) is 2.97. The van der Waals surface area contributed by atoms with E-state index in [2.05, 4.69) is 23.5 Å². The molecule has 6 rings (SSSR count). The van der Waals surface area contributed by atoms with Crippen LogP contribution in [0.15, 0.2) is 95.8 Å². The summed E-state index contributed by atoms with van der Waals surface area (Å²) in [6.45, 7) is 2.51. The number of carbonyl (C=O) groups excluding carboxylic acids is 1. The minimum absolute atomic E-state index is 0.0157. The molecule has 1 N–H and O–H groups in total. The van der Waals surface area contributed by atoms with Crippen molar-refractivity contribution in [1.82, 2.24) is 9.47 Å². The number of pyridine rings is 1. The molecule has 1 aromatic heterocycles. The van der Waals surface area contributed by atoms with E-state index in [1.807, 2.05) is 82.3 Å². The lowest BCUT2D eigenvalue weighted by atomic mass is 9.83. The highest BCUT2D eigenvalue weighted by atomic mass is 16.5. The van der Waals surface area contributed by atoms with Crippen molar-refractivity contribution in [2.45, 2.75) is 25.4 Å². The number of ether oxygens (including phenoxy) is 1. The Kier molecular flexibility index (Phi) is 6.46. The summed E-state index contributed by atoms with van der Waals surface area (Å²) in [4.78, 5) is 28.7. The topological polar surface area (TPSA) is 63.6 Å². The highest BCUT2D eigenvalue weighted by molar-refractivity contribution is 5.95. The number of methoxy groups -OCH3 is 1. The van der Waals surface area contributed by atoms with Gasteiger partial charge in [0.15, 0.2) is 0 Å². The fourth-order valence-corrected chi connectivity index (χ4v) is 5.81. The normalized spacial score (nSPS) is 18.0. The van der Waals surface area contributed by atoms with E-state index in [9.17, 15) is 9.59 Å². The van der Waals surface area contributed by atoms with Gasteiger partial charge in [0.05, 0.1) is 7.11 Å². The van der Waals surface area contributed by atoms with Crippen LogP contribution in [0, 0.1) is 5.92 Å². The maximum Gasteiger partial charge on any atom is 0.274 e. The van der Waals surface area contributed by atoms with Crippen LogP contribution in [0.25, 0.3) is 11.1 Å². The number of piperidine rings is 1. The second-order valence-corrected chi connectivity index (χ2v) is 10.2. The molecule has 0 radical (unpaired) electrons. The van der Waals surface area contributed by atoms with Gasteiger partial charge in [0.2, 0.25) is 0 Å². The number of likely N-dealkylation sites (tertiary alicyclic amines) is 1. The quantitative estimate of drug-likeness (QED) is 0.381. The van der Waals surface area contributed by atoms with E-state index in [4.69, 9.17) is 4.74 Å². The standard InChI is InChI=1S/C32H31N3O3/c1-38-28-13-7-22(8-14-28)18-33-29-15-16-30-27-17-23(20-35(30)32(29)37)19-34(21-27)31(36)26-11-9-25(10-12-26)24-5-3-2-4-6-24/h2-16,23,27,33H,17-21H2,1H3/t23-,27+/m0/s1. The van der Waals surface area contributed by atoms with Gasteiger partial charge in [-0.25, -0.2) is 0 Å². The van der Waals surface area contributed by atoms with Gasteiger partial charge in [-0.1, -0.05) is 54.6 Å². The van der Waals surface area contributed by atoms with Crippen LogP contribution in [0.1, 0.15) is 34.0 Å². The minimum atomic E-state index is 0.0157. The Balaban J connectivity index is 1.16. The maximum atomic E-state index is 13.4. The van der Waals surface area contributed by atoms with Gasteiger partial charge < -0.3 is 19.5 Å². The predicted molar refractivity (Wildman–Crippen MR) is 150 cm³/mol. The Morgan fingerprint density at radius 1 is 0.868 bits per heavy atom. The Hall–Kier alpha value is -4.32. The van der Waals surface area contributed by atoms with Crippen LogP contribution in [-0.2, 0) is 13.1 Å². The highest BCUT2D eigenvalue weighted by Crippen LogP contribution is 2.36. The van der Waals surface area contributed by atoms with Gasteiger partial charge in [-0.05, 0) is 65.4 Å². The van der Waals surface area contributed by atoms with Crippen LogP contribution in [0.5, 0.6) is 5.75 Å². The number of amides is 1. The molecule has 0 saturated carbocycles. The Morgan fingerprint density at radius 3 is 2.34 bits per heavy atom. The number of hydrogen-bond acceptors (Lipinski definition) is 4. The smallest absolute Gasteiger partial charge is 0.274 e. The summed E-state index contributed by atoms with van der Waals surface area (Å²) in [5.74, 6) is 1.31. The molecule has 2 aliphatic rings. The van der Waals surface area contributed by atoms with Gasteiger partial charge in [-0.3, -0.25) is 9.59 Å². The fourth-order valence-electron chi connectivity index (χ4n) is 5.81. The molecule has 1 amide bonds. The van der Waals surface area contributed by atoms with Crippen molar-refractivity contribution in [2.24, 2.45) is 5.92 Å². The van der Waals surface area contributed by atoms with Gasteiger partial charge >= 0.3 is 0 Å². The molecule has 4 aromatic rings. The minimum Gasteiger partial charge on any atom is -0.497 e. The molecule has 6 heteroatoms. The van der Waals surface area contributed by atoms with Crippen LogP contribution in [0.2, 0.25) is 0 Å². The van der Waals surface area contributed by atoms with Gasteiger partial charge in [0, 0.05) is 43.4 Å². The molecule has 1 fully saturated rings. The van der Waals surface area contributed by atoms with Crippen LogP contribution in [-0.4, -0.2) is 35.6 Å². The molecule has 2 bridgehead atoms. The number of fused-ring (bicyclic) bond motifs is 4. The van der Waals surface area contributed by atoms with Crippen LogP contribution >= 0.6 is 0 Å². The Morgan fingerprint density at radius 2 is 1.61 bits per heavy atom. The number of rotatable bonds is 6. The summed E-state index contributed by atoms with van der Waals surface area (Å²) in [7, 11) is 1.65. The zero-order valence-corrected chi connectivity index (χ0v) is 21.5. The van der Waals surface area contributed by atoms with E-state index in [1.165, 1.54) is 0 Å². The van der Waals surface area contributed by atoms with Crippen molar-refractivity contribution in [1.29, 1.82) is 0 Å². The summed E-state index contributed by atoms with van der Waals surface area (Å²) < 4.78 is 7.14. The summed E-state index contributed by atoms with van der Waals surface area (Å²) in [6, 6.07) is 29.8. The molecule has 2 aliphatic heterocycles. The van der Waals surface area contributed by atoms with Gasteiger partial charge in [-0.2, -0.15) is 0 Å². The zero-order valence-electron chi connectivity index (χ0n) is 21.5. The zero-order chi connectivity index (χ0) is 26.1. The second kappa shape index (κ2) is 10.2. The third-order valence-corrected chi connectivity index (χ3v) is 7.77. The van der Waals surface area contributed by atoms with Crippen molar-refractivity contribution < 1.29 is 9.53 Å². The lowest BCUT2D eigenvalue weighted by Gasteiger charge is -2.43. The molecular weight excluding hydrogens is 474 g/mol. The van der Waals surface area contributed by atoms with E-state index in [0.717, 1.165) is 34.6 Å². The number of hydrogen-bond donors (Lipinski definition) is 1. The third-order valence-electron chi connectivity index (χ3n) is 7.77. The third kappa shape index (κ3) is 4.70. The van der Waals surface area contributed by atoms with Crippen molar-refractivity contribution in [3.63, 3.8) is 0 Å². The lowest BCUT2D eigenvalue weighted by Crippen LogP contribution is -2.49. The van der Waals surface area contributed by atoms with Crippen LogP contribution < -0.4 is 15.6 Å². The lowest BCUT2D eigenvalue weighted by molar-refractivity contribution is 0.0594. The van der Waals surface area contributed by atoms with Gasteiger partial charge in [0.25, 0.3) is 11.5 Å². The van der Waals surface area contributed by atoms with E-state index in [1.54, 1.807) is 7.11 Å². The molecular formula is C32H31N3O3. The Labute approximate surface area is 222 Å². The molecule has 2 atom stereocenters. The summed E-state index contributed by atoms with van der Waals surface area (Å²) in [5, 5.41) is 3.31. The summed E-state index contributed by atoms with van der Waals surface area (Å²) in [6.07, 6.45) is 1.01. The first-order valence-electron chi connectivity index (χ1n) is 13.1. The van der Waals surface area contributed by atoms with Gasteiger partial charge in [0.1, 0.15) is 11.4 Å². The fraction of sp³-hybridized carbons (Fsp3) is 0.250. The molecule has 0 spiro atoms. The van der Waals surface area contributed by atoms with E-state index >= 15 is 0 Å². The molecule has 192 valence electrons. The molecule has 3 heterocycles. The van der Waals surface area contributed by atoms with Crippen LogP contribution in [0.4, 0.5) is 5.69 Å². The second-order valence-electron chi connectivity index (χ2n) is 10.2. The number of benzene rings is 3. The van der Waals surface area contributed by atoms with Crippen molar-refractivity contribution >= 4 is 11.6 Å². The number of anilines is 1. The molecule has 3 aromatic carbocycles. The van der Waals surface area contributed by atoms with E-state index in [-0.39, 0.29) is 23.3 Å². The number of carbonyl (C=O) groups is 1. The molecule has 38 heavy (non-hydrogen) atoms. The maximum absolute atomic E-state index is 13.4. The highest BCUT2D eigenvalue weighted by Gasteiger charge is 2.36. The number of nitrogens with one attached hydrogen (secondary N) is 1. The van der Waals surface area contributed by atoms with Crippen LogP contribution in [0.3, 0.4) is 0 Å². The molecule has 0 aliphatic carbocycles. The van der Waals surface area contributed by atoms with Crippen molar-refractivity contribution in [3.8, 4) is 16.9 Å². The number of aromatic nitrogens is 1. The van der Waals surface area contributed by atoms with Crippen molar-refractivity contribution in [2.75, 3.05) is 25.5 Å². The molecule has 6 nitrogen and oxygen atoms in total. The van der Waals surface area contributed by atoms with E-state index < -0.39 is 0 Å². The largest absolute Gasteiger partial charge is 0.497 e. The monoisotopic (exact) mass is 505 g/mol. The van der Waals surface area contributed by atoms with Crippen molar-refractivity contribution in [3.05, 3.63) is 118 Å². The first kappa shape index (κ1) is 24.0. The first-order valence-corrected chi connectivity index (χ1v) is 13.1. The summed E-state index contributed by atoms with van der Waals surface area (Å²) in [5.41, 5.74) is 5.67. The van der Waals surface area contributed by atoms with E-state index in [0.29, 0.717) is 37.4 Å². The summed E-state index contributed by atoms with van der Waals surface area (Å²) >= 11 is 0. The Bertz CT molecular complexity index is 1490. The molecule has 1 saturated heterocycles. The predicted octanol–water partition coefficient (Wildman–Crippen LogP) is 5.40. The molecule has 0 unspecified atom stereocenters. The average molecular weight is 506 g/mol. The first-order chi connectivity index (χ1) is 18.6. The van der Waals surface area contributed by atoms with Gasteiger partial charge in [-0.15, -0.1) is 0 Å². The SMILES string of the molecule is COc1ccc(CNc2ccc3n(c2=O)C[C@H]2C[C@@H]3CN(C(=O)c3ccc(-c4ccccc4)cc3)C2)cc1. The number of nitrogens with zero attached hydrogens (tertiary/aromatic N) is 2.